The lowest BCUT2D eigenvalue weighted by Gasteiger charge is -2.10. The lowest BCUT2D eigenvalue weighted by atomic mass is 10.1. The molecule has 1 heterocycles. The molecule has 1 aromatic heterocycles. The van der Waals surface area contributed by atoms with Crippen LogP contribution in [0.1, 0.15) is 21.6 Å². The second-order valence-electron chi connectivity index (χ2n) is 3.73. The van der Waals surface area contributed by atoms with E-state index in [0.29, 0.717) is 12.3 Å². The number of hydrogen-bond acceptors (Lipinski definition) is 3. The van der Waals surface area contributed by atoms with Gasteiger partial charge in [0.25, 0.3) is 0 Å². The van der Waals surface area contributed by atoms with Crippen LogP contribution in [0.5, 0.6) is 0 Å². The topological polar surface area (TPSA) is 33.1 Å². The maximum atomic E-state index is 13.4. The second-order valence-corrected chi connectivity index (χ2v) is 4.79. The van der Waals surface area contributed by atoms with E-state index >= 15 is 0 Å². The number of nitrogens with zero attached hydrogens (tertiary/aromatic N) is 1. The number of benzene rings is 1. The van der Waals surface area contributed by atoms with E-state index in [4.69, 9.17) is 0 Å². The Bertz CT molecular complexity index is 638. The van der Waals surface area contributed by atoms with Crippen LogP contribution in [0.3, 0.4) is 0 Å². The Hall–Kier alpha value is -1.61. The maximum Gasteiger partial charge on any atom is 0.443 e. The van der Waals surface area contributed by atoms with Crippen molar-refractivity contribution in [2.45, 2.75) is 12.3 Å². The molecule has 9 heteroatoms. The van der Waals surface area contributed by atoms with E-state index in [1.807, 2.05) is 0 Å². The van der Waals surface area contributed by atoms with Crippen molar-refractivity contribution in [2.24, 2.45) is 0 Å². The summed E-state index contributed by atoms with van der Waals surface area (Å²) in [5, 5.41) is 8.51. The Labute approximate surface area is 112 Å². The quantitative estimate of drug-likeness (QED) is 0.678. The third kappa shape index (κ3) is 2.63. The smallest absolute Gasteiger partial charge is 0.383 e. The van der Waals surface area contributed by atoms with Crippen molar-refractivity contribution >= 4 is 11.3 Å². The fourth-order valence-corrected chi connectivity index (χ4v) is 2.24. The zero-order valence-corrected chi connectivity index (χ0v) is 10.2. The molecule has 0 aliphatic heterocycles. The molecule has 2 rings (SSSR count). The van der Waals surface area contributed by atoms with Gasteiger partial charge in [0.05, 0.1) is 4.88 Å². The molecule has 1 aromatic carbocycles. The van der Waals surface area contributed by atoms with E-state index in [-0.39, 0.29) is 16.2 Å². The average molecular weight is 313 g/mol. The molecule has 0 amide bonds. The highest BCUT2D eigenvalue weighted by molar-refractivity contribution is 7.11. The number of rotatable bonds is 2. The highest BCUT2D eigenvalue weighted by Crippen LogP contribution is 2.36. The molecule has 0 saturated heterocycles. The first-order chi connectivity index (χ1) is 9.21. The summed E-state index contributed by atoms with van der Waals surface area (Å²) >= 11 is 0.0925. The van der Waals surface area contributed by atoms with E-state index in [2.05, 4.69) is 4.98 Å². The SMILES string of the molecule is OC(c1cnc(C(F)(F)F)s1)c1ccc(F)c(F)c1F. The van der Waals surface area contributed by atoms with Crippen LogP contribution in [0.4, 0.5) is 26.3 Å². The van der Waals surface area contributed by atoms with Crippen molar-refractivity contribution in [3.63, 3.8) is 0 Å². The highest BCUT2D eigenvalue weighted by atomic mass is 32.1. The summed E-state index contributed by atoms with van der Waals surface area (Å²) in [6.07, 6.45) is -5.85. The van der Waals surface area contributed by atoms with E-state index in [1.54, 1.807) is 0 Å². The fourth-order valence-electron chi connectivity index (χ4n) is 1.45. The van der Waals surface area contributed by atoms with Gasteiger partial charge in [-0.05, 0) is 12.1 Å². The number of thiazole rings is 1. The summed E-state index contributed by atoms with van der Waals surface area (Å²) in [5.74, 6) is -4.92. The Kier molecular flexibility index (Phi) is 3.74. The molecule has 0 fully saturated rings. The molecule has 0 aliphatic carbocycles. The Balaban J connectivity index is 2.39. The first-order valence-electron chi connectivity index (χ1n) is 5.06. The number of hydrogen-bond donors (Lipinski definition) is 1. The van der Waals surface area contributed by atoms with Crippen LogP contribution < -0.4 is 0 Å². The predicted molar refractivity (Wildman–Crippen MR) is 57.5 cm³/mol. The van der Waals surface area contributed by atoms with Crippen LogP contribution >= 0.6 is 11.3 Å². The zero-order chi connectivity index (χ0) is 15.1. The molecule has 1 atom stereocenters. The monoisotopic (exact) mass is 313 g/mol. The number of alkyl halides is 3. The lowest BCUT2D eigenvalue weighted by molar-refractivity contribution is -0.137. The summed E-state index contributed by atoms with van der Waals surface area (Å²) in [6, 6.07) is 1.33. The molecule has 1 N–H and O–H groups in total. The molecule has 20 heavy (non-hydrogen) atoms. The van der Waals surface area contributed by atoms with Crippen LogP contribution in [-0.4, -0.2) is 10.1 Å². The Morgan fingerprint density at radius 3 is 2.30 bits per heavy atom. The normalized spacial score (nSPS) is 13.6. The first-order valence-corrected chi connectivity index (χ1v) is 5.88. The largest absolute Gasteiger partial charge is 0.443 e. The van der Waals surface area contributed by atoms with Gasteiger partial charge in [-0.2, -0.15) is 13.2 Å². The predicted octanol–water partition coefficient (Wildman–Crippen LogP) is 3.66. The van der Waals surface area contributed by atoms with Gasteiger partial charge >= 0.3 is 6.18 Å². The van der Waals surface area contributed by atoms with Gasteiger partial charge < -0.3 is 5.11 Å². The number of aliphatic hydroxyl groups is 1. The van der Waals surface area contributed by atoms with Gasteiger partial charge in [0.2, 0.25) is 0 Å². The third-order valence-electron chi connectivity index (χ3n) is 2.40. The minimum absolute atomic E-state index is 0.0925. The summed E-state index contributed by atoms with van der Waals surface area (Å²) in [5.41, 5.74) is -0.665. The molecule has 108 valence electrons. The maximum absolute atomic E-state index is 13.4. The summed E-state index contributed by atoms with van der Waals surface area (Å²) in [7, 11) is 0. The molecule has 2 aromatic rings. The van der Waals surface area contributed by atoms with Gasteiger partial charge in [-0.15, -0.1) is 11.3 Å². The lowest BCUT2D eigenvalue weighted by Crippen LogP contribution is -2.04. The first kappa shape index (κ1) is 14.8. The van der Waals surface area contributed by atoms with Crippen LogP contribution in [0, 0.1) is 17.5 Å². The van der Waals surface area contributed by atoms with Gasteiger partial charge in [0.1, 0.15) is 6.10 Å². The van der Waals surface area contributed by atoms with E-state index in [9.17, 15) is 31.4 Å². The molecule has 0 bridgehead atoms. The van der Waals surface area contributed by atoms with Crippen LogP contribution in [0.25, 0.3) is 0 Å². The van der Waals surface area contributed by atoms with Crippen molar-refractivity contribution in [3.05, 3.63) is 51.2 Å². The molecule has 0 radical (unpaired) electrons. The Morgan fingerprint density at radius 2 is 1.75 bits per heavy atom. The molecule has 1 unspecified atom stereocenters. The second kappa shape index (κ2) is 5.06. The molecular formula is C11H5F6NOS. The van der Waals surface area contributed by atoms with Crippen LogP contribution in [0.2, 0.25) is 0 Å². The summed E-state index contributed by atoms with van der Waals surface area (Å²) < 4.78 is 76.2. The van der Waals surface area contributed by atoms with E-state index < -0.39 is 40.3 Å². The fraction of sp³-hybridized carbons (Fsp3) is 0.182. The molecule has 0 spiro atoms. The zero-order valence-electron chi connectivity index (χ0n) is 9.38. The number of halogens is 6. The minimum atomic E-state index is -4.70. The average Bonchev–Trinajstić information content (AvgIpc) is 2.85. The van der Waals surface area contributed by atoms with Gasteiger partial charge in [0, 0.05) is 11.8 Å². The van der Waals surface area contributed by atoms with Crippen molar-refractivity contribution in [1.29, 1.82) is 0 Å². The van der Waals surface area contributed by atoms with Crippen molar-refractivity contribution in [2.75, 3.05) is 0 Å². The minimum Gasteiger partial charge on any atom is -0.383 e. The number of aliphatic hydroxyl groups excluding tert-OH is 1. The molecule has 2 nitrogen and oxygen atoms in total. The van der Waals surface area contributed by atoms with Gasteiger partial charge in [-0.25, -0.2) is 18.2 Å². The summed E-state index contributed by atoms with van der Waals surface area (Å²) in [4.78, 5) is 2.72. The van der Waals surface area contributed by atoms with Gasteiger partial charge in [0.15, 0.2) is 22.5 Å². The highest BCUT2D eigenvalue weighted by Gasteiger charge is 2.35. The molecule has 0 saturated carbocycles. The molecule has 0 aliphatic rings. The van der Waals surface area contributed by atoms with Crippen LogP contribution in [-0.2, 0) is 6.18 Å². The van der Waals surface area contributed by atoms with Gasteiger partial charge in [-0.3, -0.25) is 0 Å². The third-order valence-corrected chi connectivity index (χ3v) is 3.49. The summed E-state index contributed by atoms with van der Waals surface area (Å²) in [6.45, 7) is 0. The van der Waals surface area contributed by atoms with E-state index in [0.717, 1.165) is 6.07 Å². The molecular weight excluding hydrogens is 308 g/mol. The van der Waals surface area contributed by atoms with E-state index in [1.165, 1.54) is 0 Å². The van der Waals surface area contributed by atoms with Crippen molar-refractivity contribution in [3.8, 4) is 0 Å². The number of aromatic nitrogens is 1. The van der Waals surface area contributed by atoms with Gasteiger partial charge in [-0.1, -0.05) is 0 Å². The van der Waals surface area contributed by atoms with Crippen molar-refractivity contribution < 1.29 is 31.4 Å². The Morgan fingerprint density at radius 1 is 1.10 bits per heavy atom. The van der Waals surface area contributed by atoms with Crippen LogP contribution in [0.15, 0.2) is 18.3 Å². The standard InChI is InChI=1S/C11H5F6NOS/c12-5-2-1-4(7(13)8(5)14)9(19)6-3-18-10(20-6)11(15,16)17/h1-3,9,19H. The van der Waals surface area contributed by atoms with Crippen molar-refractivity contribution in [1.82, 2.24) is 4.98 Å².